The van der Waals surface area contributed by atoms with Gasteiger partial charge in [0, 0.05) is 18.6 Å². The molecule has 1 aliphatic heterocycles. The maximum absolute atomic E-state index is 12.0. The number of ether oxygens (including phenoxy) is 1. The second-order valence-electron chi connectivity index (χ2n) is 7.10. The molecule has 4 atom stereocenters. The highest BCUT2D eigenvalue weighted by molar-refractivity contribution is 6.30. The summed E-state index contributed by atoms with van der Waals surface area (Å²) in [5.74, 6) is 0.125. The number of nitrogens with one attached hydrogen (secondary N) is 2. The number of aryl methyl sites for hydroxylation is 1. The van der Waals surface area contributed by atoms with E-state index in [1.807, 2.05) is 25.1 Å². The van der Waals surface area contributed by atoms with Crippen LogP contribution < -0.4 is 16.4 Å². The number of carbonyl (C=O) groups excluding carboxylic acids is 1. The summed E-state index contributed by atoms with van der Waals surface area (Å²) in [6.07, 6.45) is -0.0965. The number of aliphatic hydroxyl groups excluding tert-OH is 1. The number of rotatable bonds is 5. The standard InChI is InChI=1S/C19H22ClN7O3/c1-9-3-4-11(20)5-10(9)6-23-16-13-17(25-7-24-16)27(8-26-13)19-14(28)12(21)15(30-19)18(29)22-2/h3-5,7-8,12,14-15,19,28H,6,21H2,1-2H3,(H,22,29)(H,23,24,25)/t12-,14+,15-,19+/m0/s1. The highest BCUT2D eigenvalue weighted by atomic mass is 35.5. The van der Waals surface area contributed by atoms with E-state index in [9.17, 15) is 9.90 Å². The fourth-order valence-corrected chi connectivity index (χ4v) is 3.67. The van der Waals surface area contributed by atoms with Crippen LogP contribution in [-0.2, 0) is 16.1 Å². The van der Waals surface area contributed by atoms with Crippen LogP contribution in [0.1, 0.15) is 17.4 Å². The predicted octanol–water partition coefficient (Wildman–Crippen LogP) is 0.732. The maximum atomic E-state index is 12.0. The molecule has 1 saturated heterocycles. The van der Waals surface area contributed by atoms with Crippen molar-refractivity contribution < 1.29 is 14.6 Å². The SMILES string of the molecule is CNC(=O)[C@H]1O[C@@H](n2cnc3c(NCc4cc(Cl)ccc4C)ncnc32)[C@H](O)[C@@H]1N. The van der Waals surface area contributed by atoms with E-state index in [1.165, 1.54) is 19.7 Å². The summed E-state index contributed by atoms with van der Waals surface area (Å²) in [6.45, 7) is 2.50. The van der Waals surface area contributed by atoms with Crippen LogP contribution in [0.25, 0.3) is 11.2 Å². The molecular formula is C19H22ClN7O3. The number of anilines is 1. The summed E-state index contributed by atoms with van der Waals surface area (Å²) in [6, 6.07) is 4.81. The minimum absolute atomic E-state index is 0.401. The molecule has 5 N–H and O–H groups in total. The number of imidazole rings is 1. The number of hydrogen-bond acceptors (Lipinski definition) is 8. The van der Waals surface area contributed by atoms with Crippen LogP contribution in [0.2, 0.25) is 5.02 Å². The Kier molecular flexibility index (Phi) is 5.56. The smallest absolute Gasteiger partial charge is 0.250 e. The summed E-state index contributed by atoms with van der Waals surface area (Å²) in [5, 5.41) is 16.9. The van der Waals surface area contributed by atoms with Crippen molar-refractivity contribution in [2.75, 3.05) is 12.4 Å². The van der Waals surface area contributed by atoms with Gasteiger partial charge in [-0.2, -0.15) is 0 Å². The zero-order chi connectivity index (χ0) is 21.4. The molecular weight excluding hydrogens is 410 g/mol. The average molecular weight is 432 g/mol. The molecule has 1 aliphatic rings. The normalized spacial score (nSPS) is 23.6. The molecule has 10 nitrogen and oxygen atoms in total. The molecule has 1 amide bonds. The molecule has 30 heavy (non-hydrogen) atoms. The Hall–Kier alpha value is -2.79. The van der Waals surface area contributed by atoms with Crippen molar-refractivity contribution in [1.29, 1.82) is 0 Å². The van der Waals surface area contributed by atoms with E-state index in [0.717, 1.165) is 11.1 Å². The van der Waals surface area contributed by atoms with Gasteiger partial charge < -0.3 is 26.2 Å². The molecule has 158 valence electrons. The van der Waals surface area contributed by atoms with Crippen molar-refractivity contribution in [1.82, 2.24) is 24.8 Å². The van der Waals surface area contributed by atoms with E-state index in [-0.39, 0.29) is 0 Å². The van der Waals surface area contributed by atoms with Gasteiger partial charge in [-0.05, 0) is 30.2 Å². The Balaban J connectivity index is 1.61. The monoisotopic (exact) mass is 431 g/mol. The molecule has 11 heteroatoms. The molecule has 1 fully saturated rings. The van der Waals surface area contributed by atoms with Crippen LogP contribution >= 0.6 is 11.6 Å². The number of fused-ring (bicyclic) bond motifs is 1. The van der Waals surface area contributed by atoms with Crippen molar-refractivity contribution >= 4 is 34.5 Å². The zero-order valence-corrected chi connectivity index (χ0v) is 17.2. The van der Waals surface area contributed by atoms with Crippen molar-refractivity contribution in [2.45, 2.75) is 37.9 Å². The van der Waals surface area contributed by atoms with Gasteiger partial charge in [-0.3, -0.25) is 9.36 Å². The predicted molar refractivity (Wildman–Crippen MR) is 111 cm³/mol. The molecule has 3 heterocycles. The van der Waals surface area contributed by atoms with Crippen molar-refractivity contribution in [3.05, 3.63) is 47.0 Å². The first-order valence-electron chi connectivity index (χ1n) is 9.38. The minimum atomic E-state index is -1.11. The highest BCUT2D eigenvalue weighted by Gasteiger charge is 2.46. The van der Waals surface area contributed by atoms with Gasteiger partial charge in [0.15, 0.2) is 29.3 Å². The highest BCUT2D eigenvalue weighted by Crippen LogP contribution is 2.31. The summed E-state index contributed by atoms with van der Waals surface area (Å²) in [5.41, 5.74) is 9.06. The Morgan fingerprint density at radius 3 is 2.93 bits per heavy atom. The van der Waals surface area contributed by atoms with Crippen LogP contribution in [0.3, 0.4) is 0 Å². The number of likely N-dealkylation sites (N-methyl/N-ethyl adjacent to an activating group) is 1. The Bertz CT molecular complexity index is 1090. The minimum Gasteiger partial charge on any atom is -0.387 e. The molecule has 0 aliphatic carbocycles. The van der Waals surface area contributed by atoms with E-state index in [2.05, 4.69) is 25.6 Å². The molecule has 0 saturated carbocycles. The van der Waals surface area contributed by atoms with Crippen molar-refractivity contribution in [3.63, 3.8) is 0 Å². The first-order valence-corrected chi connectivity index (χ1v) is 9.75. The number of nitrogens with zero attached hydrogens (tertiary/aromatic N) is 4. The number of benzene rings is 1. The molecule has 3 aromatic rings. The molecule has 2 aromatic heterocycles. The number of carbonyl (C=O) groups is 1. The topological polar surface area (TPSA) is 140 Å². The van der Waals surface area contributed by atoms with E-state index in [1.54, 1.807) is 4.57 Å². The van der Waals surface area contributed by atoms with E-state index < -0.39 is 30.4 Å². The molecule has 4 rings (SSSR count). The summed E-state index contributed by atoms with van der Waals surface area (Å²) in [7, 11) is 1.48. The number of amides is 1. The van der Waals surface area contributed by atoms with Crippen molar-refractivity contribution in [3.8, 4) is 0 Å². The summed E-state index contributed by atoms with van der Waals surface area (Å²) >= 11 is 6.09. The van der Waals surface area contributed by atoms with Crippen LogP contribution in [0, 0.1) is 6.92 Å². The fraction of sp³-hybridized carbons (Fsp3) is 0.368. The Morgan fingerprint density at radius 2 is 2.17 bits per heavy atom. The molecule has 0 bridgehead atoms. The first kappa shape index (κ1) is 20.5. The van der Waals surface area contributed by atoms with Gasteiger partial charge in [-0.25, -0.2) is 15.0 Å². The van der Waals surface area contributed by atoms with Crippen LogP contribution in [0.15, 0.2) is 30.9 Å². The number of hydrogen-bond donors (Lipinski definition) is 4. The third-order valence-electron chi connectivity index (χ3n) is 5.22. The van der Waals surface area contributed by atoms with Crippen LogP contribution in [0.4, 0.5) is 5.82 Å². The second-order valence-corrected chi connectivity index (χ2v) is 7.54. The van der Waals surface area contributed by atoms with Gasteiger partial charge >= 0.3 is 0 Å². The summed E-state index contributed by atoms with van der Waals surface area (Å²) < 4.78 is 7.29. The number of aliphatic hydroxyl groups is 1. The lowest BCUT2D eigenvalue weighted by molar-refractivity contribution is -0.134. The van der Waals surface area contributed by atoms with E-state index >= 15 is 0 Å². The lowest BCUT2D eigenvalue weighted by Gasteiger charge is -2.16. The van der Waals surface area contributed by atoms with Gasteiger partial charge in [-0.1, -0.05) is 17.7 Å². The lowest BCUT2D eigenvalue weighted by Crippen LogP contribution is -2.46. The summed E-state index contributed by atoms with van der Waals surface area (Å²) in [4.78, 5) is 24.9. The van der Waals surface area contributed by atoms with Crippen LogP contribution in [0.5, 0.6) is 0 Å². The largest absolute Gasteiger partial charge is 0.387 e. The second kappa shape index (κ2) is 8.15. The maximum Gasteiger partial charge on any atom is 0.250 e. The zero-order valence-electron chi connectivity index (χ0n) is 16.4. The van der Waals surface area contributed by atoms with E-state index in [0.29, 0.717) is 28.5 Å². The quantitative estimate of drug-likeness (QED) is 0.463. The van der Waals surface area contributed by atoms with Gasteiger partial charge in [-0.15, -0.1) is 0 Å². The number of nitrogens with two attached hydrogens (primary N) is 1. The number of halogens is 1. The fourth-order valence-electron chi connectivity index (χ4n) is 3.48. The third-order valence-corrected chi connectivity index (χ3v) is 5.45. The molecule has 0 unspecified atom stereocenters. The van der Waals surface area contributed by atoms with E-state index in [4.69, 9.17) is 22.1 Å². The Morgan fingerprint density at radius 1 is 1.37 bits per heavy atom. The van der Waals surface area contributed by atoms with Gasteiger partial charge in [0.25, 0.3) is 5.91 Å². The molecule has 1 aromatic carbocycles. The lowest BCUT2D eigenvalue weighted by atomic mass is 10.1. The molecule has 0 spiro atoms. The average Bonchev–Trinajstić information content (AvgIpc) is 3.30. The van der Waals surface area contributed by atoms with Gasteiger partial charge in [0.2, 0.25) is 0 Å². The number of aromatic nitrogens is 4. The van der Waals surface area contributed by atoms with Gasteiger partial charge in [0.1, 0.15) is 12.4 Å². The Labute approximate surface area is 177 Å². The van der Waals surface area contributed by atoms with Crippen molar-refractivity contribution in [2.24, 2.45) is 5.73 Å². The van der Waals surface area contributed by atoms with Crippen LogP contribution in [-0.4, -0.2) is 55.8 Å². The molecule has 0 radical (unpaired) electrons. The third kappa shape index (κ3) is 3.58. The van der Waals surface area contributed by atoms with Gasteiger partial charge in [0.05, 0.1) is 12.4 Å². The first-order chi connectivity index (χ1) is 14.4.